The molecule has 2 saturated heterocycles. The Bertz CT molecular complexity index is 2330. The molecule has 0 radical (unpaired) electrons. The molecule has 5 heterocycles. The third-order valence-corrected chi connectivity index (χ3v) is 13.2. The van der Waals surface area contributed by atoms with E-state index in [0.29, 0.717) is 12.5 Å². The van der Waals surface area contributed by atoms with Gasteiger partial charge in [-0.3, -0.25) is 9.59 Å². The molecule has 3 aliphatic rings. The van der Waals surface area contributed by atoms with Gasteiger partial charge in [-0.2, -0.15) is 0 Å². The number of carbonyl (C=O) groups excluding carboxylic acids is 4. The smallest absolute Gasteiger partial charge is 0.407 e. The number of nitrogens with one attached hydrogen (secondary N) is 4. The van der Waals surface area contributed by atoms with Crippen LogP contribution in [-0.4, -0.2) is 92.6 Å². The number of benzene rings is 2. The van der Waals surface area contributed by atoms with E-state index < -0.39 is 24.3 Å². The Morgan fingerprint density at radius 2 is 1.33 bits per heavy atom. The summed E-state index contributed by atoms with van der Waals surface area (Å²) in [6, 6.07) is 11.2. The number of hydrogen-bond acceptors (Lipinski definition) is 9. The molecule has 3 fully saturated rings. The van der Waals surface area contributed by atoms with Crippen molar-refractivity contribution in [1.29, 1.82) is 0 Å². The highest BCUT2D eigenvalue weighted by Gasteiger charge is 2.51. The predicted molar refractivity (Wildman–Crippen MR) is 217 cm³/mol. The van der Waals surface area contributed by atoms with Crippen molar-refractivity contribution in [1.82, 2.24) is 40.4 Å². The molecule has 2 bridgehead atoms. The maximum absolute atomic E-state index is 14.0. The molecule has 15 heteroatoms. The molecule has 4 amide bonds. The van der Waals surface area contributed by atoms with Gasteiger partial charge in [0.25, 0.3) is 0 Å². The van der Waals surface area contributed by atoms with Gasteiger partial charge in [0.15, 0.2) is 0 Å². The zero-order valence-electron chi connectivity index (χ0n) is 33.1. The number of likely N-dealkylation sites (tertiary alicyclic amines) is 2. The Kier molecular flexibility index (Phi) is 10.4. The number of ether oxygens (including phenoxy) is 2. The van der Waals surface area contributed by atoms with Crippen LogP contribution < -0.4 is 10.6 Å². The summed E-state index contributed by atoms with van der Waals surface area (Å²) in [4.78, 5) is 72.2. The van der Waals surface area contributed by atoms with Gasteiger partial charge in [0.05, 0.1) is 50.1 Å². The summed E-state index contributed by atoms with van der Waals surface area (Å²) >= 11 is 1.72. The lowest BCUT2D eigenvalue weighted by molar-refractivity contribution is -0.139. The number of amides is 4. The van der Waals surface area contributed by atoms with Crippen molar-refractivity contribution in [3.05, 3.63) is 60.4 Å². The monoisotopic (exact) mass is 794 g/mol. The molecule has 5 aromatic rings. The van der Waals surface area contributed by atoms with Crippen molar-refractivity contribution in [3.63, 3.8) is 0 Å². The van der Waals surface area contributed by atoms with Gasteiger partial charge in [0.2, 0.25) is 11.8 Å². The lowest BCUT2D eigenvalue weighted by Crippen LogP contribution is -2.54. The van der Waals surface area contributed by atoms with E-state index in [2.05, 4.69) is 57.0 Å². The Hall–Kier alpha value is -5.44. The van der Waals surface area contributed by atoms with Crippen LogP contribution in [0.5, 0.6) is 0 Å². The number of fused-ring (bicyclic) bond motifs is 5. The molecule has 0 unspecified atom stereocenters. The van der Waals surface area contributed by atoms with Crippen LogP contribution >= 0.6 is 11.3 Å². The fraction of sp³-hybridized carbons (Fsp3) is 0.476. The highest BCUT2D eigenvalue weighted by atomic mass is 32.1. The number of thiophene rings is 1. The number of methoxy groups -OCH3 is 2. The lowest BCUT2D eigenvalue weighted by Gasteiger charge is -2.37. The third kappa shape index (κ3) is 7.10. The second kappa shape index (κ2) is 15.5. The van der Waals surface area contributed by atoms with E-state index >= 15 is 0 Å². The molecule has 2 aliphatic heterocycles. The second-order valence-corrected chi connectivity index (χ2v) is 17.3. The van der Waals surface area contributed by atoms with Crippen molar-refractivity contribution >= 4 is 55.5 Å². The number of alkyl carbamates (subject to hydrolysis) is 2. The van der Waals surface area contributed by atoms with Crippen LogP contribution in [0, 0.1) is 17.8 Å². The molecule has 8 rings (SSSR count). The molecule has 2 aromatic carbocycles. The molecular weight excluding hydrogens is 745 g/mol. The van der Waals surface area contributed by atoms with Crippen molar-refractivity contribution in [2.45, 2.75) is 90.0 Å². The number of rotatable bonds is 10. The van der Waals surface area contributed by atoms with Crippen molar-refractivity contribution in [2.24, 2.45) is 17.8 Å². The zero-order valence-corrected chi connectivity index (χ0v) is 33.9. The quantitative estimate of drug-likeness (QED) is 0.114. The van der Waals surface area contributed by atoms with Gasteiger partial charge in [-0.05, 0) is 62.0 Å². The Balaban J connectivity index is 1.02. The van der Waals surface area contributed by atoms with Crippen LogP contribution in [0.1, 0.15) is 83.5 Å². The minimum atomic E-state index is -0.692. The fourth-order valence-corrected chi connectivity index (χ4v) is 10.3. The van der Waals surface area contributed by atoms with E-state index in [0.717, 1.165) is 81.1 Å². The number of aromatic amines is 2. The van der Waals surface area contributed by atoms with Crippen LogP contribution in [0.15, 0.2) is 48.8 Å². The summed E-state index contributed by atoms with van der Waals surface area (Å²) in [6.07, 6.45) is 7.00. The van der Waals surface area contributed by atoms with E-state index in [4.69, 9.17) is 19.4 Å². The van der Waals surface area contributed by atoms with E-state index in [1.807, 2.05) is 49.9 Å². The number of nitrogens with zero attached hydrogens (tertiary/aromatic N) is 4. The number of H-pyrrole nitrogens is 2. The largest absolute Gasteiger partial charge is 0.453 e. The molecule has 300 valence electrons. The fourth-order valence-electron chi connectivity index (χ4n) is 9.11. The maximum atomic E-state index is 14.0. The van der Waals surface area contributed by atoms with Gasteiger partial charge in [-0.15, -0.1) is 11.3 Å². The highest BCUT2D eigenvalue weighted by molar-refractivity contribution is 7.25. The molecule has 0 spiro atoms. The van der Waals surface area contributed by atoms with Crippen molar-refractivity contribution in [3.8, 4) is 22.5 Å². The number of piperidine rings is 1. The predicted octanol–water partition coefficient (Wildman–Crippen LogP) is 7.31. The van der Waals surface area contributed by atoms with Gasteiger partial charge in [0.1, 0.15) is 23.7 Å². The molecule has 6 atom stereocenters. The van der Waals surface area contributed by atoms with Crippen LogP contribution in [0.25, 0.3) is 42.7 Å². The average Bonchev–Trinajstić information content (AvgIpc) is 4.07. The number of imidazole rings is 2. The summed E-state index contributed by atoms with van der Waals surface area (Å²) in [5, 5.41) is 7.80. The van der Waals surface area contributed by atoms with Crippen LogP contribution in [0.4, 0.5) is 9.59 Å². The minimum Gasteiger partial charge on any atom is -0.453 e. The number of carbonyl (C=O) groups is 4. The average molecular weight is 795 g/mol. The van der Waals surface area contributed by atoms with Gasteiger partial charge >= 0.3 is 12.2 Å². The molecule has 4 N–H and O–H groups in total. The van der Waals surface area contributed by atoms with E-state index in [-0.39, 0.29) is 41.8 Å². The highest BCUT2D eigenvalue weighted by Crippen LogP contribution is 2.50. The first kappa shape index (κ1) is 38.4. The summed E-state index contributed by atoms with van der Waals surface area (Å²) in [6.45, 7) is 8.26. The molecule has 1 aliphatic carbocycles. The van der Waals surface area contributed by atoms with Gasteiger partial charge in [-0.1, -0.05) is 52.0 Å². The molecule has 14 nitrogen and oxygen atoms in total. The topological polar surface area (TPSA) is 175 Å². The first-order chi connectivity index (χ1) is 27.4. The number of hydrogen-bond donors (Lipinski definition) is 4. The van der Waals surface area contributed by atoms with Crippen molar-refractivity contribution < 1.29 is 28.7 Å². The Labute approximate surface area is 335 Å². The van der Waals surface area contributed by atoms with E-state index in [9.17, 15) is 19.2 Å². The van der Waals surface area contributed by atoms with Crippen LogP contribution in [0.3, 0.4) is 0 Å². The Morgan fingerprint density at radius 1 is 0.772 bits per heavy atom. The molecular formula is C42H50N8O6S. The van der Waals surface area contributed by atoms with E-state index in [1.165, 1.54) is 19.6 Å². The lowest BCUT2D eigenvalue weighted by atomic mass is 9.95. The minimum absolute atomic E-state index is 0.0941. The second-order valence-electron chi connectivity index (χ2n) is 16.2. The molecule has 57 heavy (non-hydrogen) atoms. The zero-order chi connectivity index (χ0) is 40.1. The Morgan fingerprint density at radius 3 is 1.91 bits per heavy atom. The summed E-state index contributed by atoms with van der Waals surface area (Å²) in [7, 11) is 2.60. The normalized spacial score (nSPS) is 21.5. The maximum Gasteiger partial charge on any atom is 0.407 e. The standard InChI is InChI=1S/C42H50N8O6S/c1-21(2)34(47-41(53)55-5)39(51)49-15-7-8-31(49)37-43-19-29(45-37)23-10-13-27-28-14-11-24(18-33(28)57-32(27)17-23)30-20-44-38(46-30)36-25-9-12-26(16-25)50(36)40(52)35(22(3)4)48-42(54)56-6/h10-11,13-14,17-22,25-26,31,34-36H,7-9,12,15-16H2,1-6H3,(H,43,45)(H,44,46)(H,47,53)(H,48,54)/t25-,26+,31-,34-,35-,36-/m0/s1. The van der Waals surface area contributed by atoms with Crippen LogP contribution in [0.2, 0.25) is 0 Å². The van der Waals surface area contributed by atoms with E-state index in [1.54, 1.807) is 11.3 Å². The molecule has 1 saturated carbocycles. The van der Waals surface area contributed by atoms with Crippen molar-refractivity contribution in [2.75, 3.05) is 20.8 Å². The van der Waals surface area contributed by atoms with Gasteiger partial charge in [0, 0.05) is 43.9 Å². The third-order valence-electron chi connectivity index (χ3n) is 12.0. The number of aromatic nitrogens is 4. The SMILES string of the molecule is COC(=O)N[C@H](C(=O)N1CCC[C@H]1c1ncc(-c2ccc3c(c2)sc2cc(-c4cnc([C@@H]5[C@H]6CC[C@H](C6)N5C(=O)[C@@H](NC(=O)OC)C(C)C)[nH]4)ccc23)[nH]1)C(C)C. The summed E-state index contributed by atoms with van der Waals surface area (Å²) in [5.41, 5.74) is 3.77. The van der Waals surface area contributed by atoms with Crippen LogP contribution in [-0.2, 0) is 19.1 Å². The first-order valence-electron chi connectivity index (χ1n) is 19.8. The summed E-state index contributed by atoms with van der Waals surface area (Å²) < 4.78 is 11.9. The molecule has 3 aromatic heterocycles. The van der Waals surface area contributed by atoms with Gasteiger partial charge in [-0.25, -0.2) is 19.6 Å². The summed E-state index contributed by atoms with van der Waals surface area (Å²) in [5.74, 6) is 1.36. The van der Waals surface area contributed by atoms with Gasteiger partial charge < -0.3 is 39.9 Å². The first-order valence-corrected chi connectivity index (χ1v) is 20.7.